The van der Waals surface area contributed by atoms with Gasteiger partial charge in [0.05, 0.1) is 11.3 Å². The minimum atomic E-state index is 0.867. The summed E-state index contributed by atoms with van der Waals surface area (Å²) in [6.07, 6.45) is 5.02. The summed E-state index contributed by atoms with van der Waals surface area (Å²) >= 11 is 0. The summed E-state index contributed by atoms with van der Waals surface area (Å²) in [6, 6.07) is 16.3. The maximum absolute atomic E-state index is 5.48. The number of aromatic amines is 1. The molecule has 4 rings (SSSR count). The SMILES string of the molecule is [c]1oc2ccccc2c1-c1[nH]cc2ccccc12. The van der Waals surface area contributed by atoms with E-state index in [-0.39, 0.29) is 0 Å². The molecule has 18 heavy (non-hydrogen) atoms. The fourth-order valence-electron chi connectivity index (χ4n) is 2.39. The molecule has 2 nitrogen and oxygen atoms in total. The van der Waals surface area contributed by atoms with Gasteiger partial charge >= 0.3 is 0 Å². The number of H-pyrrole nitrogens is 1. The first-order valence-electron chi connectivity index (χ1n) is 5.89. The third kappa shape index (κ3) is 1.23. The molecule has 0 aliphatic heterocycles. The molecule has 0 saturated heterocycles. The van der Waals surface area contributed by atoms with Gasteiger partial charge in [0.1, 0.15) is 5.58 Å². The summed E-state index contributed by atoms with van der Waals surface area (Å²) in [7, 11) is 0. The van der Waals surface area contributed by atoms with Gasteiger partial charge in [0.15, 0.2) is 6.26 Å². The van der Waals surface area contributed by atoms with E-state index >= 15 is 0 Å². The van der Waals surface area contributed by atoms with Crippen molar-refractivity contribution in [2.75, 3.05) is 0 Å². The van der Waals surface area contributed by atoms with Gasteiger partial charge in [-0.05, 0) is 11.5 Å². The Morgan fingerprint density at radius 3 is 2.61 bits per heavy atom. The van der Waals surface area contributed by atoms with E-state index in [1.807, 2.05) is 36.5 Å². The van der Waals surface area contributed by atoms with Gasteiger partial charge in [0.2, 0.25) is 0 Å². The van der Waals surface area contributed by atoms with E-state index in [1.165, 1.54) is 10.8 Å². The molecule has 0 saturated carbocycles. The summed E-state index contributed by atoms with van der Waals surface area (Å²) in [5.74, 6) is 0. The van der Waals surface area contributed by atoms with Gasteiger partial charge in [-0.1, -0.05) is 42.5 Å². The van der Waals surface area contributed by atoms with Gasteiger partial charge in [-0.15, -0.1) is 0 Å². The second-order valence-corrected chi connectivity index (χ2v) is 4.33. The molecular formula is C16H10NO. The highest BCUT2D eigenvalue weighted by Gasteiger charge is 2.12. The Balaban J connectivity index is 2.08. The van der Waals surface area contributed by atoms with Gasteiger partial charge in [0.25, 0.3) is 0 Å². The lowest BCUT2D eigenvalue weighted by Crippen LogP contribution is -1.75. The highest BCUT2D eigenvalue weighted by Crippen LogP contribution is 2.33. The number of hydrogen-bond acceptors (Lipinski definition) is 1. The summed E-state index contributed by atoms with van der Waals surface area (Å²) in [5, 5.41) is 3.48. The lowest BCUT2D eigenvalue weighted by molar-refractivity contribution is 0.607. The number of para-hydroxylation sites is 1. The van der Waals surface area contributed by atoms with Gasteiger partial charge in [-0.2, -0.15) is 0 Å². The van der Waals surface area contributed by atoms with E-state index in [0.29, 0.717) is 0 Å². The summed E-state index contributed by atoms with van der Waals surface area (Å²) in [6.45, 7) is 0. The average molecular weight is 232 g/mol. The summed E-state index contributed by atoms with van der Waals surface area (Å²) in [4.78, 5) is 3.32. The summed E-state index contributed by atoms with van der Waals surface area (Å²) in [5.41, 5.74) is 2.92. The van der Waals surface area contributed by atoms with Crippen LogP contribution < -0.4 is 0 Å². The van der Waals surface area contributed by atoms with E-state index < -0.39 is 0 Å². The minimum Gasteiger partial charge on any atom is -0.452 e. The zero-order valence-corrected chi connectivity index (χ0v) is 9.60. The fourth-order valence-corrected chi connectivity index (χ4v) is 2.39. The van der Waals surface area contributed by atoms with Crippen LogP contribution in [0.4, 0.5) is 0 Å². The Kier molecular flexibility index (Phi) is 1.86. The lowest BCUT2D eigenvalue weighted by atomic mass is 10.1. The van der Waals surface area contributed by atoms with Crippen LogP contribution in [0.15, 0.2) is 59.1 Å². The molecule has 0 bridgehead atoms. The molecule has 2 aromatic heterocycles. The molecule has 2 heteroatoms. The van der Waals surface area contributed by atoms with Crippen molar-refractivity contribution in [3.8, 4) is 11.3 Å². The van der Waals surface area contributed by atoms with E-state index in [4.69, 9.17) is 4.42 Å². The van der Waals surface area contributed by atoms with Crippen LogP contribution in [-0.4, -0.2) is 4.98 Å². The number of nitrogens with one attached hydrogen (secondary N) is 1. The van der Waals surface area contributed by atoms with Crippen LogP contribution >= 0.6 is 0 Å². The van der Waals surface area contributed by atoms with Crippen LogP contribution in [0.2, 0.25) is 0 Å². The van der Waals surface area contributed by atoms with Crippen LogP contribution in [0.3, 0.4) is 0 Å². The Morgan fingerprint density at radius 2 is 1.67 bits per heavy atom. The smallest absolute Gasteiger partial charge is 0.180 e. The largest absolute Gasteiger partial charge is 0.452 e. The molecule has 4 aromatic rings. The van der Waals surface area contributed by atoms with Crippen molar-refractivity contribution in [3.05, 3.63) is 61.0 Å². The Labute approximate surface area is 104 Å². The average Bonchev–Trinajstić information content (AvgIpc) is 3.01. The zero-order valence-electron chi connectivity index (χ0n) is 9.60. The Bertz CT molecular complexity index is 766. The lowest BCUT2D eigenvalue weighted by Gasteiger charge is -1.96. The summed E-state index contributed by atoms with van der Waals surface area (Å²) < 4.78 is 5.48. The highest BCUT2D eigenvalue weighted by molar-refractivity contribution is 6.03. The van der Waals surface area contributed by atoms with Crippen molar-refractivity contribution in [2.24, 2.45) is 0 Å². The van der Waals surface area contributed by atoms with Gasteiger partial charge in [0, 0.05) is 17.0 Å². The molecule has 0 unspecified atom stereocenters. The third-order valence-corrected chi connectivity index (χ3v) is 3.27. The molecule has 0 spiro atoms. The van der Waals surface area contributed by atoms with Gasteiger partial charge in [-0.25, -0.2) is 0 Å². The third-order valence-electron chi connectivity index (χ3n) is 3.27. The van der Waals surface area contributed by atoms with Gasteiger partial charge < -0.3 is 9.40 Å². The fraction of sp³-hybridized carbons (Fsp3) is 0. The standard InChI is InChI=1S/C16H10NO/c1-2-6-12-11(5-1)9-17-16(12)14-10-18-15-8-4-3-7-13(14)15/h1-9,17H. The molecule has 1 radical (unpaired) electrons. The predicted molar refractivity (Wildman–Crippen MR) is 72.3 cm³/mol. The molecule has 0 atom stereocenters. The first kappa shape index (κ1) is 9.54. The molecule has 2 aromatic carbocycles. The van der Waals surface area contributed by atoms with Crippen LogP contribution in [0, 0.1) is 6.26 Å². The van der Waals surface area contributed by atoms with E-state index in [1.54, 1.807) is 0 Å². The van der Waals surface area contributed by atoms with E-state index in [2.05, 4.69) is 29.4 Å². The molecule has 0 amide bonds. The van der Waals surface area contributed by atoms with E-state index in [0.717, 1.165) is 22.2 Å². The molecule has 2 heterocycles. The topological polar surface area (TPSA) is 28.9 Å². The van der Waals surface area contributed by atoms with Gasteiger partial charge in [-0.3, -0.25) is 0 Å². The monoisotopic (exact) mass is 232 g/mol. The van der Waals surface area contributed by atoms with Crippen molar-refractivity contribution < 1.29 is 4.42 Å². The number of fused-ring (bicyclic) bond motifs is 2. The van der Waals surface area contributed by atoms with Crippen molar-refractivity contribution in [1.29, 1.82) is 0 Å². The molecule has 0 aliphatic rings. The second-order valence-electron chi connectivity index (χ2n) is 4.33. The normalized spacial score (nSPS) is 11.3. The quantitative estimate of drug-likeness (QED) is 0.518. The minimum absolute atomic E-state index is 0.867. The molecule has 0 fully saturated rings. The number of aromatic nitrogens is 1. The number of benzene rings is 2. The van der Waals surface area contributed by atoms with Crippen molar-refractivity contribution in [2.45, 2.75) is 0 Å². The van der Waals surface area contributed by atoms with Crippen LogP contribution in [0.25, 0.3) is 33.0 Å². The molecular weight excluding hydrogens is 222 g/mol. The second kappa shape index (κ2) is 3.50. The van der Waals surface area contributed by atoms with E-state index in [9.17, 15) is 0 Å². The first-order valence-corrected chi connectivity index (χ1v) is 5.89. The molecule has 1 N–H and O–H groups in total. The van der Waals surface area contributed by atoms with Crippen molar-refractivity contribution >= 4 is 21.7 Å². The maximum atomic E-state index is 5.48. The molecule has 0 aliphatic carbocycles. The Hall–Kier alpha value is -2.48. The zero-order chi connectivity index (χ0) is 11.9. The van der Waals surface area contributed by atoms with Crippen LogP contribution in [0.5, 0.6) is 0 Å². The number of furan rings is 1. The number of hydrogen-bond donors (Lipinski definition) is 1. The van der Waals surface area contributed by atoms with Crippen molar-refractivity contribution in [1.82, 2.24) is 4.98 Å². The predicted octanol–water partition coefficient (Wildman–Crippen LogP) is 4.38. The maximum Gasteiger partial charge on any atom is 0.180 e. The molecule has 85 valence electrons. The Morgan fingerprint density at radius 1 is 0.889 bits per heavy atom. The van der Waals surface area contributed by atoms with Crippen molar-refractivity contribution in [3.63, 3.8) is 0 Å². The van der Waals surface area contributed by atoms with Crippen LogP contribution in [-0.2, 0) is 0 Å². The highest BCUT2D eigenvalue weighted by atomic mass is 16.3. The first-order chi connectivity index (χ1) is 8.93. The number of rotatable bonds is 1. The van der Waals surface area contributed by atoms with Crippen LogP contribution in [0.1, 0.15) is 0 Å².